The minimum absolute atomic E-state index is 0.0616. The number of rotatable bonds is 5. The molecular weight excluding hydrogens is 364 g/mol. The fraction of sp³-hybridized carbons (Fsp3) is 0.200. The van der Waals surface area contributed by atoms with Gasteiger partial charge in [0.15, 0.2) is 9.84 Å². The van der Waals surface area contributed by atoms with Gasteiger partial charge in [-0.25, -0.2) is 8.42 Å². The lowest BCUT2D eigenvalue weighted by molar-refractivity contribution is -0.118. The van der Waals surface area contributed by atoms with Gasteiger partial charge < -0.3 is 10.6 Å². The van der Waals surface area contributed by atoms with Gasteiger partial charge in [-0.3, -0.25) is 9.59 Å². The summed E-state index contributed by atoms with van der Waals surface area (Å²) in [4.78, 5) is 25.2. The molecule has 0 radical (unpaired) electrons. The Morgan fingerprint density at radius 2 is 1.59 bits per heavy atom. The van der Waals surface area contributed by atoms with E-state index >= 15 is 0 Å². The average molecular weight is 384 g/mol. The van der Waals surface area contributed by atoms with E-state index in [0.29, 0.717) is 12.0 Å². The molecule has 0 aliphatic carbocycles. The Kier molecular flexibility index (Phi) is 5.71. The first-order chi connectivity index (χ1) is 12.9. The molecule has 1 saturated heterocycles. The van der Waals surface area contributed by atoms with Crippen LogP contribution in [0.2, 0.25) is 0 Å². The molecule has 1 aliphatic rings. The fourth-order valence-electron chi connectivity index (χ4n) is 2.83. The molecule has 3 rings (SSSR count). The quantitative estimate of drug-likeness (QED) is 0.769. The first-order valence-electron chi connectivity index (χ1n) is 8.57. The van der Waals surface area contributed by atoms with Crippen molar-refractivity contribution in [2.24, 2.45) is 0 Å². The molecule has 7 heteroatoms. The maximum absolute atomic E-state index is 12.7. The van der Waals surface area contributed by atoms with E-state index in [2.05, 4.69) is 10.6 Å². The summed E-state index contributed by atoms with van der Waals surface area (Å²) in [6.45, 7) is 0. The van der Waals surface area contributed by atoms with E-state index in [4.69, 9.17) is 0 Å². The predicted molar refractivity (Wildman–Crippen MR) is 104 cm³/mol. The molecule has 0 bridgehead atoms. The maximum Gasteiger partial charge on any atom is 0.268 e. The van der Waals surface area contributed by atoms with E-state index < -0.39 is 27.7 Å². The molecule has 2 N–H and O–H groups in total. The summed E-state index contributed by atoms with van der Waals surface area (Å²) in [5, 5.41) is 5.35. The predicted octanol–water partition coefficient (Wildman–Crippen LogP) is 1.76. The van der Waals surface area contributed by atoms with Crippen LogP contribution in [0.1, 0.15) is 22.3 Å². The summed E-state index contributed by atoms with van der Waals surface area (Å²) in [5.74, 6) is -0.937. The van der Waals surface area contributed by atoms with Gasteiger partial charge in [0.25, 0.3) is 11.8 Å². The van der Waals surface area contributed by atoms with Crippen molar-refractivity contribution in [3.63, 3.8) is 0 Å². The van der Waals surface area contributed by atoms with Crippen LogP contribution in [-0.2, 0) is 14.6 Å². The minimum Gasteiger partial charge on any atom is -0.347 e. The molecule has 27 heavy (non-hydrogen) atoms. The molecule has 1 atom stereocenters. The highest BCUT2D eigenvalue weighted by Gasteiger charge is 2.29. The third-order valence-electron chi connectivity index (χ3n) is 4.21. The summed E-state index contributed by atoms with van der Waals surface area (Å²) in [7, 11) is -3.11. The molecule has 6 nitrogen and oxygen atoms in total. The van der Waals surface area contributed by atoms with Gasteiger partial charge in [0.1, 0.15) is 5.70 Å². The Labute approximate surface area is 158 Å². The van der Waals surface area contributed by atoms with Gasteiger partial charge in [-0.2, -0.15) is 0 Å². The zero-order chi connectivity index (χ0) is 19.3. The lowest BCUT2D eigenvalue weighted by atomic mass is 10.1. The summed E-state index contributed by atoms with van der Waals surface area (Å²) in [6, 6.07) is 17.2. The van der Waals surface area contributed by atoms with E-state index in [0.717, 1.165) is 5.56 Å². The van der Waals surface area contributed by atoms with E-state index in [9.17, 15) is 18.0 Å². The second-order valence-corrected chi connectivity index (χ2v) is 8.59. The van der Waals surface area contributed by atoms with Crippen LogP contribution in [0.4, 0.5) is 0 Å². The number of nitrogens with one attached hydrogen (secondary N) is 2. The molecule has 140 valence electrons. The third-order valence-corrected chi connectivity index (χ3v) is 5.97. The molecule has 2 aromatic carbocycles. The Balaban J connectivity index is 1.80. The molecule has 0 saturated carbocycles. The number of benzene rings is 2. The second kappa shape index (κ2) is 8.18. The normalized spacial score (nSPS) is 18.7. The Morgan fingerprint density at radius 1 is 0.963 bits per heavy atom. The topological polar surface area (TPSA) is 92.3 Å². The molecule has 1 heterocycles. The van der Waals surface area contributed by atoms with Crippen molar-refractivity contribution in [2.45, 2.75) is 12.5 Å². The van der Waals surface area contributed by atoms with Crippen LogP contribution in [0.5, 0.6) is 0 Å². The van der Waals surface area contributed by atoms with Crippen LogP contribution in [0, 0.1) is 0 Å². The van der Waals surface area contributed by atoms with E-state index in [-0.39, 0.29) is 17.2 Å². The number of hydrogen-bond donors (Lipinski definition) is 2. The summed E-state index contributed by atoms with van der Waals surface area (Å²) in [5.41, 5.74) is 1.24. The van der Waals surface area contributed by atoms with Gasteiger partial charge in [0.05, 0.1) is 11.5 Å². The maximum atomic E-state index is 12.7. The van der Waals surface area contributed by atoms with Crippen LogP contribution in [-0.4, -0.2) is 37.8 Å². The Bertz CT molecular complexity index is 954. The molecule has 1 unspecified atom stereocenters. The fourth-order valence-corrected chi connectivity index (χ4v) is 4.50. The summed E-state index contributed by atoms with van der Waals surface area (Å²) in [6.07, 6.45) is 1.94. The number of hydrogen-bond acceptors (Lipinski definition) is 4. The van der Waals surface area contributed by atoms with Crippen molar-refractivity contribution in [3.05, 3.63) is 77.5 Å². The number of carbonyl (C=O) groups is 2. The van der Waals surface area contributed by atoms with Crippen LogP contribution in [0.25, 0.3) is 6.08 Å². The van der Waals surface area contributed by atoms with Crippen LogP contribution in [0.3, 0.4) is 0 Å². The smallest absolute Gasteiger partial charge is 0.268 e. The lowest BCUT2D eigenvalue weighted by Crippen LogP contribution is -2.41. The highest BCUT2D eigenvalue weighted by molar-refractivity contribution is 7.91. The largest absolute Gasteiger partial charge is 0.347 e. The third kappa shape index (κ3) is 5.27. The zero-order valence-corrected chi connectivity index (χ0v) is 15.4. The van der Waals surface area contributed by atoms with E-state index in [1.165, 1.54) is 0 Å². The molecule has 2 amide bonds. The summed E-state index contributed by atoms with van der Waals surface area (Å²) >= 11 is 0. The van der Waals surface area contributed by atoms with Gasteiger partial charge in [-0.15, -0.1) is 0 Å². The summed E-state index contributed by atoms with van der Waals surface area (Å²) < 4.78 is 23.2. The van der Waals surface area contributed by atoms with Gasteiger partial charge in [0.2, 0.25) is 0 Å². The SMILES string of the molecule is O=C(NC1CCS(=O)(=O)C1)/C(=C/c1ccccc1)NC(=O)c1ccccc1. The molecule has 1 fully saturated rings. The number of sulfone groups is 1. The van der Waals surface area contributed by atoms with Crippen molar-refractivity contribution >= 4 is 27.7 Å². The van der Waals surface area contributed by atoms with Crippen LogP contribution in [0.15, 0.2) is 66.4 Å². The molecule has 0 aromatic heterocycles. The van der Waals surface area contributed by atoms with Crippen LogP contribution >= 0.6 is 0 Å². The Hall–Kier alpha value is -2.93. The van der Waals surface area contributed by atoms with Crippen molar-refractivity contribution < 1.29 is 18.0 Å². The monoisotopic (exact) mass is 384 g/mol. The highest BCUT2D eigenvalue weighted by atomic mass is 32.2. The van der Waals surface area contributed by atoms with Gasteiger partial charge >= 0.3 is 0 Å². The standard InChI is InChI=1S/C20H20N2O4S/c23-19(16-9-5-2-6-10-16)22-18(13-15-7-3-1-4-8-15)20(24)21-17-11-12-27(25,26)14-17/h1-10,13,17H,11-12,14H2,(H,21,24)(H,22,23)/b18-13-. The van der Waals surface area contributed by atoms with Crippen molar-refractivity contribution in [2.75, 3.05) is 11.5 Å². The van der Waals surface area contributed by atoms with E-state index in [1.807, 2.05) is 30.3 Å². The van der Waals surface area contributed by atoms with Gasteiger partial charge in [0, 0.05) is 11.6 Å². The molecular formula is C20H20N2O4S. The first-order valence-corrected chi connectivity index (χ1v) is 10.4. The molecule has 0 spiro atoms. The molecule has 2 aromatic rings. The van der Waals surface area contributed by atoms with Crippen LogP contribution < -0.4 is 10.6 Å². The number of carbonyl (C=O) groups excluding carboxylic acids is 2. The van der Waals surface area contributed by atoms with Gasteiger partial charge in [-0.1, -0.05) is 48.5 Å². The van der Waals surface area contributed by atoms with Gasteiger partial charge in [-0.05, 0) is 30.2 Å². The average Bonchev–Trinajstić information content (AvgIpc) is 3.01. The lowest BCUT2D eigenvalue weighted by Gasteiger charge is -2.14. The van der Waals surface area contributed by atoms with Crippen molar-refractivity contribution in [1.82, 2.24) is 10.6 Å². The second-order valence-electron chi connectivity index (χ2n) is 6.36. The van der Waals surface area contributed by atoms with Crippen molar-refractivity contribution in [3.8, 4) is 0 Å². The number of amides is 2. The first kappa shape index (κ1) is 18.8. The van der Waals surface area contributed by atoms with E-state index in [1.54, 1.807) is 36.4 Å². The highest BCUT2D eigenvalue weighted by Crippen LogP contribution is 2.13. The minimum atomic E-state index is -3.11. The molecule has 1 aliphatic heterocycles. The zero-order valence-electron chi connectivity index (χ0n) is 14.6. The Morgan fingerprint density at radius 3 is 2.19 bits per heavy atom. The van der Waals surface area contributed by atoms with Crippen molar-refractivity contribution in [1.29, 1.82) is 0 Å².